The van der Waals surface area contributed by atoms with E-state index < -0.39 is 16.2 Å². The zero-order chi connectivity index (χ0) is 16.9. The van der Waals surface area contributed by atoms with Crippen LogP contribution in [0.4, 0.5) is 4.79 Å². The first-order chi connectivity index (χ1) is 10.8. The highest BCUT2D eigenvalue weighted by molar-refractivity contribution is 7.85. The molecule has 23 heavy (non-hydrogen) atoms. The Balaban J connectivity index is 1.77. The quantitative estimate of drug-likeness (QED) is 0.688. The summed E-state index contributed by atoms with van der Waals surface area (Å²) in [5.74, 6) is 0. The van der Waals surface area contributed by atoms with Crippen LogP contribution in [-0.2, 0) is 19.0 Å². The van der Waals surface area contributed by atoms with Crippen LogP contribution in [0.1, 0.15) is 38.5 Å². The molecule has 0 aromatic rings. The average molecular weight is 350 g/mol. The topological polar surface area (TPSA) is 105 Å². The zero-order valence-corrected chi connectivity index (χ0v) is 14.3. The van der Waals surface area contributed by atoms with Crippen LogP contribution < -0.4 is 5.32 Å². The van der Waals surface area contributed by atoms with Crippen molar-refractivity contribution < 1.29 is 27.2 Å². The second-order valence-electron chi connectivity index (χ2n) is 6.23. The van der Waals surface area contributed by atoms with Crippen molar-refractivity contribution in [3.63, 3.8) is 0 Å². The van der Waals surface area contributed by atoms with Crippen LogP contribution >= 0.6 is 0 Å². The normalized spacial score (nSPS) is 29.4. The first kappa shape index (κ1) is 18.4. The number of amides is 1. The minimum Gasteiger partial charge on any atom is -0.465 e. The minimum absolute atomic E-state index is 0.0644. The summed E-state index contributed by atoms with van der Waals surface area (Å²) in [5, 5.41) is 12.4. The van der Waals surface area contributed by atoms with Crippen molar-refractivity contribution in [2.45, 2.75) is 56.8 Å². The monoisotopic (exact) mass is 350 g/mol. The number of likely N-dealkylation sites (tertiary alicyclic amines) is 1. The number of hydrogen-bond donors (Lipinski definition) is 2. The Morgan fingerprint density at radius 2 is 2.00 bits per heavy atom. The molecule has 0 aliphatic carbocycles. The van der Waals surface area contributed by atoms with Gasteiger partial charge in [0.15, 0.2) is 0 Å². The molecule has 0 aromatic heterocycles. The maximum Gasteiger partial charge on any atom is 0.407 e. The van der Waals surface area contributed by atoms with Crippen molar-refractivity contribution in [2.75, 3.05) is 26.0 Å². The van der Waals surface area contributed by atoms with Crippen molar-refractivity contribution in [3.05, 3.63) is 0 Å². The Kier molecular flexibility index (Phi) is 6.63. The number of nitrogens with one attached hydrogen (secondary N) is 1. The zero-order valence-electron chi connectivity index (χ0n) is 13.4. The van der Waals surface area contributed by atoms with Gasteiger partial charge in [0.25, 0.3) is 10.1 Å². The molecule has 2 unspecified atom stereocenters. The largest absolute Gasteiger partial charge is 0.465 e. The van der Waals surface area contributed by atoms with Gasteiger partial charge < -0.3 is 14.7 Å². The predicted octanol–water partition coefficient (Wildman–Crippen LogP) is 0.980. The molecule has 1 amide bonds. The van der Waals surface area contributed by atoms with E-state index in [9.17, 15) is 18.3 Å². The van der Waals surface area contributed by atoms with Crippen molar-refractivity contribution >= 4 is 16.2 Å². The highest BCUT2D eigenvalue weighted by Gasteiger charge is 2.29. The maximum atomic E-state index is 11.2. The van der Waals surface area contributed by atoms with E-state index in [1.165, 1.54) is 4.90 Å². The van der Waals surface area contributed by atoms with E-state index in [4.69, 9.17) is 8.92 Å². The van der Waals surface area contributed by atoms with E-state index >= 15 is 0 Å². The van der Waals surface area contributed by atoms with Gasteiger partial charge in [-0.15, -0.1) is 0 Å². The van der Waals surface area contributed by atoms with Gasteiger partial charge in [0.1, 0.15) is 6.23 Å². The highest BCUT2D eigenvalue weighted by Crippen LogP contribution is 2.20. The summed E-state index contributed by atoms with van der Waals surface area (Å²) in [6, 6.07) is -0.166. The molecule has 2 aliphatic rings. The fourth-order valence-corrected chi connectivity index (χ4v) is 3.51. The van der Waals surface area contributed by atoms with Gasteiger partial charge in [0.05, 0.1) is 25.5 Å². The lowest BCUT2D eigenvalue weighted by Gasteiger charge is -2.36. The van der Waals surface area contributed by atoms with Gasteiger partial charge in [-0.3, -0.25) is 9.50 Å². The Bertz CT molecular complexity index is 497. The molecule has 2 rings (SSSR count). The molecule has 3 atom stereocenters. The van der Waals surface area contributed by atoms with Gasteiger partial charge in [-0.2, -0.15) is 8.42 Å². The van der Waals surface area contributed by atoms with Crippen molar-refractivity contribution in [2.24, 2.45) is 0 Å². The second-order valence-corrected chi connectivity index (χ2v) is 7.87. The number of piperidine rings is 2. The molecule has 2 saturated heterocycles. The first-order valence-corrected chi connectivity index (χ1v) is 9.88. The van der Waals surface area contributed by atoms with Crippen LogP contribution in [0.5, 0.6) is 0 Å². The van der Waals surface area contributed by atoms with Gasteiger partial charge in [0, 0.05) is 12.6 Å². The van der Waals surface area contributed by atoms with Crippen LogP contribution in [0.2, 0.25) is 0 Å². The van der Waals surface area contributed by atoms with E-state index in [1.807, 2.05) is 0 Å². The smallest absolute Gasteiger partial charge is 0.407 e. The third kappa shape index (κ3) is 6.25. The molecule has 2 fully saturated rings. The molecule has 9 heteroatoms. The van der Waals surface area contributed by atoms with Crippen LogP contribution in [0.3, 0.4) is 0 Å². The Morgan fingerprint density at radius 3 is 2.70 bits per heavy atom. The van der Waals surface area contributed by atoms with E-state index in [0.717, 1.165) is 44.8 Å². The second kappa shape index (κ2) is 8.27. The maximum absolute atomic E-state index is 11.2. The summed E-state index contributed by atoms with van der Waals surface area (Å²) >= 11 is 0. The molecule has 0 radical (unpaired) electrons. The van der Waals surface area contributed by atoms with Gasteiger partial charge in [-0.25, -0.2) is 4.79 Å². The van der Waals surface area contributed by atoms with Gasteiger partial charge in [0.2, 0.25) is 0 Å². The van der Waals surface area contributed by atoms with Crippen molar-refractivity contribution in [3.8, 4) is 0 Å². The molecule has 2 aliphatic heterocycles. The Labute approximate surface area is 137 Å². The fourth-order valence-electron chi connectivity index (χ4n) is 3.10. The standard InChI is InChI=1S/C14H26N2O6S/c1-23(19,20)22-9-11-5-4-7-13(15-11)21-10-12-6-2-3-8-16(12)14(17)18/h11-13,15H,2-10H2,1H3,(H,17,18)/t11?,12-,13?/m0/s1. The number of rotatable bonds is 6. The van der Waals surface area contributed by atoms with Crippen LogP contribution in [-0.4, -0.2) is 68.8 Å². The molecule has 2 N–H and O–H groups in total. The van der Waals surface area contributed by atoms with E-state index in [0.29, 0.717) is 13.2 Å². The average Bonchev–Trinajstić information content (AvgIpc) is 2.51. The summed E-state index contributed by atoms with van der Waals surface area (Å²) in [6.45, 7) is 1.03. The number of carbonyl (C=O) groups is 1. The van der Waals surface area contributed by atoms with E-state index in [-0.39, 0.29) is 24.9 Å². The number of carboxylic acid groups (broad SMARTS) is 1. The first-order valence-electron chi connectivity index (χ1n) is 8.07. The SMILES string of the molecule is CS(=O)(=O)OCC1CCCC(OC[C@@H]2CCCCN2C(=O)O)N1. The Hall–Kier alpha value is -0.900. The molecule has 8 nitrogen and oxygen atoms in total. The van der Waals surface area contributed by atoms with Crippen molar-refractivity contribution in [1.82, 2.24) is 10.2 Å². The number of nitrogens with zero attached hydrogens (tertiary/aromatic N) is 1. The lowest BCUT2D eigenvalue weighted by atomic mass is 10.0. The molecule has 2 heterocycles. The lowest BCUT2D eigenvalue weighted by Crippen LogP contribution is -2.50. The van der Waals surface area contributed by atoms with E-state index in [1.54, 1.807) is 0 Å². The molecular weight excluding hydrogens is 324 g/mol. The van der Waals surface area contributed by atoms with Crippen molar-refractivity contribution in [1.29, 1.82) is 0 Å². The third-order valence-electron chi connectivity index (χ3n) is 4.29. The molecule has 134 valence electrons. The van der Waals surface area contributed by atoms with E-state index in [2.05, 4.69) is 5.32 Å². The summed E-state index contributed by atoms with van der Waals surface area (Å²) in [5.41, 5.74) is 0. The predicted molar refractivity (Wildman–Crippen MR) is 83.7 cm³/mol. The highest BCUT2D eigenvalue weighted by atomic mass is 32.2. The van der Waals surface area contributed by atoms with Gasteiger partial charge in [-0.05, 0) is 38.5 Å². The van der Waals surface area contributed by atoms with Crippen LogP contribution in [0, 0.1) is 0 Å². The van der Waals surface area contributed by atoms with Crippen LogP contribution in [0.25, 0.3) is 0 Å². The number of hydrogen-bond acceptors (Lipinski definition) is 6. The third-order valence-corrected chi connectivity index (χ3v) is 4.85. The lowest BCUT2D eigenvalue weighted by molar-refractivity contribution is -0.0363. The minimum atomic E-state index is -3.44. The number of ether oxygens (including phenoxy) is 1. The summed E-state index contributed by atoms with van der Waals surface area (Å²) in [7, 11) is -3.44. The summed E-state index contributed by atoms with van der Waals surface area (Å²) in [6.07, 6.45) is 5.27. The molecular formula is C14H26N2O6S. The molecule has 0 aromatic carbocycles. The Morgan fingerprint density at radius 1 is 1.22 bits per heavy atom. The van der Waals surface area contributed by atoms with Gasteiger partial charge in [-0.1, -0.05) is 0 Å². The molecule has 0 saturated carbocycles. The molecule has 0 bridgehead atoms. The summed E-state index contributed by atoms with van der Waals surface area (Å²) < 4.78 is 32.8. The fraction of sp³-hybridized carbons (Fsp3) is 0.929. The van der Waals surface area contributed by atoms with Crippen LogP contribution in [0.15, 0.2) is 0 Å². The molecule has 0 spiro atoms. The van der Waals surface area contributed by atoms with Gasteiger partial charge >= 0.3 is 6.09 Å². The summed E-state index contributed by atoms with van der Waals surface area (Å²) in [4.78, 5) is 12.7.